The van der Waals surface area contributed by atoms with Gasteiger partial charge in [-0.25, -0.2) is 4.98 Å². The third kappa shape index (κ3) is 3.95. The Morgan fingerprint density at radius 3 is 2.85 bits per heavy atom. The fourth-order valence-electron chi connectivity index (χ4n) is 1.85. The van der Waals surface area contributed by atoms with Crippen molar-refractivity contribution < 1.29 is 9.84 Å². The van der Waals surface area contributed by atoms with E-state index in [0.29, 0.717) is 12.4 Å². The number of hydrogen-bond acceptors (Lipinski definition) is 5. The molecule has 5 heteroatoms. The molecule has 2 aromatic rings. The quantitative estimate of drug-likeness (QED) is 0.823. The van der Waals surface area contributed by atoms with Crippen molar-refractivity contribution in [3.05, 3.63) is 39.8 Å². The van der Waals surface area contributed by atoms with Crippen molar-refractivity contribution in [2.24, 2.45) is 0 Å². The zero-order valence-corrected chi connectivity index (χ0v) is 12.7. The van der Waals surface area contributed by atoms with Crippen molar-refractivity contribution in [3.63, 3.8) is 0 Å². The molecule has 0 aliphatic rings. The van der Waals surface area contributed by atoms with E-state index in [4.69, 9.17) is 4.74 Å². The summed E-state index contributed by atoms with van der Waals surface area (Å²) in [7, 11) is 0. The van der Waals surface area contributed by atoms with Gasteiger partial charge < -0.3 is 15.2 Å². The summed E-state index contributed by atoms with van der Waals surface area (Å²) in [6.07, 6.45) is 2.97. The van der Waals surface area contributed by atoms with Crippen LogP contribution in [0.3, 0.4) is 0 Å². The van der Waals surface area contributed by atoms with Crippen LogP contribution >= 0.6 is 11.3 Å². The maximum atomic E-state index is 9.65. The van der Waals surface area contributed by atoms with E-state index in [0.717, 1.165) is 30.1 Å². The van der Waals surface area contributed by atoms with Gasteiger partial charge in [0.2, 0.25) is 0 Å². The molecule has 108 valence electrons. The Balaban J connectivity index is 1.88. The van der Waals surface area contributed by atoms with Crippen LogP contribution in [-0.2, 0) is 19.5 Å². The zero-order valence-electron chi connectivity index (χ0n) is 11.8. The molecule has 0 atom stereocenters. The number of phenols is 1. The van der Waals surface area contributed by atoms with Crippen molar-refractivity contribution >= 4 is 11.3 Å². The van der Waals surface area contributed by atoms with Crippen molar-refractivity contribution in [2.75, 3.05) is 6.61 Å². The van der Waals surface area contributed by atoms with Crippen LogP contribution < -0.4 is 10.1 Å². The number of aryl methyl sites for hydroxylation is 1. The van der Waals surface area contributed by atoms with E-state index in [-0.39, 0.29) is 5.75 Å². The third-order valence-corrected chi connectivity index (χ3v) is 4.02. The van der Waals surface area contributed by atoms with Gasteiger partial charge in [-0.05, 0) is 31.0 Å². The standard InChI is InChI=1S/C15H20N2O2S/c1-3-12-9-17-15(20-12)10-16-8-11-5-6-13(18)14(7-11)19-4-2/h5-7,9,16,18H,3-4,8,10H2,1-2H3. The zero-order chi connectivity index (χ0) is 14.4. The molecule has 2 rings (SSSR count). The minimum absolute atomic E-state index is 0.183. The predicted molar refractivity (Wildman–Crippen MR) is 81.3 cm³/mol. The Bertz CT molecular complexity index is 555. The Kier molecular flexibility index (Phi) is 5.38. The average Bonchev–Trinajstić information content (AvgIpc) is 2.90. The third-order valence-electron chi connectivity index (χ3n) is 2.88. The van der Waals surface area contributed by atoms with E-state index >= 15 is 0 Å². The van der Waals surface area contributed by atoms with Gasteiger partial charge in [0.1, 0.15) is 5.01 Å². The normalized spacial score (nSPS) is 10.7. The smallest absolute Gasteiger partial charge is 0.161 e. The first kappa shape index (κ1) is 14.8. The molecule has 0 aliphatic heterocycles. The molecule has 0 fully saturated rings. The van der Waals surface area contributed by atoms with Gasteiger partial charge in [-0.2, -0.15) is 0 Å². The number of hydrogen-bond donors (Lipinski definition) is 2. The molecule has 0 bridgehead atoms. The number of rotatable bonds is 7. The molecular formula is C15H20N2O2S. The Labute approximate surface area is 123 Å². The van der Waals surface area contributed by atoms with E-state index in [1.807, 2.05) is 25.3 Å². The lowest BCUT2D eigenvalue weighted by Gasteiger charge is -2.08. The van der Waals surface area contributed by atoms with Crippen LogP contribution in [0.5, 0.6) is 11.5 Å². The maximum Gasteiger partial charge on any atom is 0.161 e. The van der Waals surface area contributed by atoms with Crippen molar-refractivity contribution in [1.82, 2.24) is 10.3 Å². The molecule has 4 nitrogen and oxygen atoms in total. The molecule has 0 unspecified atom stereocenters. The van der Waals surface area contributed by atoms with Crippen LogP contribution in [0.15, 0.2) is 24.4 Å². The molecule has 2 N–H and O–H groups in total. The SMILES string of the molecule is CCOc1cc(CNCc2ncc(CC)s2)ccc1O. The number of phenolic OH excluding ortho intramolecular Hbond substituents is 1. The minimum Gasteiger partial charge on any atom is -0.504 e. The van der Waals surface area contributed by atoms with Crippen LogP contribution in [0, 0.1) is 0 Å². The number of nitrogens with one attached hydrogen (secondary N) is 1. The monoisotopic (exact) mass is 292 g/mol. The number of benzene rings is 1. The first-order valence-electron chi connectivity index (χ1n) is 6.82. The summed E-state index contributed by atoms with van der Waals surface area (Å²) in [5.41, 5.74) is 1.08. The lowest BCUT2D eigenvalue weighted by molar-refractivity contribution is 0.317. The van der Waals surface area contributed by atoms with Crippen LogP contribution in [0.4, 0.5) is 0 Å². The van der Waals surface area contributed by atoms with E-state index in [1.54, 1.807) is 17.4 Å². The van der Waals surface area contributed by atoms with Gasteiger partial charge >= 0.3 is 0 Å². The molecule has 1 aromatic heterocycles. The molecule has 0 saturated carbocycles. The summed E-state index contributed by atoms with van der Waals surface area (Å²) >= 11 is 1.74. The summed E-state index contributed by atoms with van der Waals surface area (Å²) < 4.78 is 5.37. The number of nitrogens with zero attached hydrogens (tertiary/aromatic N) is 1. The highest BCUT2D eigenvalue weighted by molar-refractivity contribution is 7.11. The minimum atomic E-state index is 0.183. The van der Waals surface area contributed by atoms with Crippen molar-refractivity contribution in [2.45, 2.75) is 33.4 Å². The highest BCUT2D eigenvalue weighted by Gasteiger charge is 2.04. The Morgan fingerprint density at radius 2 is 2.15 bits per heavy atom. The van der Waals surface area contributed by atoms with Crippen molar-refractivity contribution in [3.8, 4) is 11.5 Å². The molecule has 20 heavy (non-hydrogen) atoms. The largest absolute Gasteiger partial charge is 0.504 e. The van der Waals surface area contributed by atoms with Gasteiger partial charge in [0.25, 0.3) is 0 Å². The second kappa shape index (κ2) is 7.26. The fraction of sp³-hybridized carbons (Fsp3) is 0.400. The molecule has 1 aromatic carbocycles. The van der Waals surface area contributed by atoms with Gasteiger partial charge in [-0.3, -0.25) is 0 Å². The van der Waals surface area contributed by atoms with Gasteiger partial charge in [0.15, 0.2) is 11.5 Å². The average molecular weight is 292 g/mol. The molecule has 0 amide bonds. The highest BCUT2D eigenvalue weighted by Crippen LogP contribution is 2.26. The lowest BCUT2D eigenvalue weighted by Crippen LogP contribution is -2.12. The lowest BCUT2D eigenvalue weighted by atomic mass is 10.2. The van der Waals surface area contributed by atoms with Crippen LogP contribution in [0.25, 0.3) is 0 Å². The molecule has 0 radical (unpaired) electrons. The second-order valence-corrected chi connectivity index (χ2v) is 5.61. The molecule has 0 aliphatic carbocycles. The topological polar surface area (TPSA) is 54.4 Å². The van der Waals surface area contributed by atoms with Crippen molar-refractivity contribution in [1.29, 1.82) is 0 Å². The second-order valence-electron chi connectivity index (χ2n) is 4.41. The van der Waals surface area contributed by atoms with Gasteiger partial charge in [0, 0.05) is 24.2 Å². The number of aromatic nitrogens is 1. The summed E-state index contributed by atoms with van der Waals surface area (Å²) in [6, 6.07) is 5.43. The van der Waals surface area contributed by atoms with E-state index in [2.05, 4.69) is 17.2 Å². The Morgan fingerprint density at radius 1 is 1.30 bits per heavy atom. The Hall–Kier alpha value is -1.59. The number of thiazole rings is 1. The molecule has 0 saturated heterocycles. The summed E-state index contributed by atoms with van der Waals surface area (Å²) in [5, 5.41) is 14.1. The van der Waals surface area contributed by atoms with E-state index in [1.165, 1.54) is 4.88 Å². The highest BCUT2D eigenvalue weighted by atomic mass is 32.1. The molecular weight excluding hydrogens is 272 g/mol. The summed E-state index contributed by atoms with van der Waals surface area (Å²) in [5.74, 6) is 0.720. The summed E-state index contributed by atoms with van der Waals surface area (Å²) in [6.45, 7) is 6.06. The van der Waals surface area contributed by atoms with Gasteiger partial charge in [-0.15, -0.1) is 11.3 Å². The maximum absolute atomic E-state index is 9.65. The molecule has 1 heterocycles. The van der Waals surface area contributed by atoms with Gasteiger partial charge in [-0.1, -0.05) is 13.0 Å². The molecule has 0 spiro atoms. The predicted octanol–water partition coefficient (Wildman–Crippen LogP) is 3.10. The fourth-order valence-corrected chi connectivity index (χ4v) is 2.68. The van der Waals surface area contributed by atoms with E-state index < -0.39 is 0 Å². The van der Waals surface area contributed by atoms with E-state index in [9.17, 15) is 5.11 Å². The number of aromatic hydroxyl groups is 1. The first-order valence-corrected chi connectivity index (χ1v) is 7.63. The summed E-state index contributed by atoms with van der Waals surface area (Å²) in [4.78, 5) is 5.68. The first-order chi connectivity index (χ1) is 9.72. The van der Waals surface area contributed by atoms with Crippen LogP contribution in [-0.4, -0.2) is 16.7 Å². The number of ether oxygens (including phenoxy) is 1. The van der Waals surface area contributed by atoms with Gasteiger partial charge in [0.05, 0.1) is 6.61 Å². The van der Waals surface area contributed by atoms with Crippen LogP contribution in [0.1, 0.15) is 29.3 Å². The van der Waals surface area contributed by atoms with Crippen LogP contribution in [0.2, 0.25) is 0 Å².